The molecule has 0 radical (unpaired) electrons. The second-order valence-electron chi connectivity index (χ2n) is 7.15. The van der Waals surface area contributed by atoms with Gasteiger partial charge in [-0.05, 0) is 25.8 Å². The van der Waals surface area contributed by atoms with Crippen molar-refractivity contribution in [2.45, 2.75) is 38.8 Å². The molecule has 7 heteroatoms. The maximum absolute atomic E-state index is 11.8. The van der Waals surface area contributed by atoms with E-state index >= 15 is 0 Å². The average molecular weight is 343 g/mol. The molecule has 1 saturated carbocycles. The van der Waals surface area contributed by atoms with E-state index < -0.39 is 0 Å². The first-order valence-corrected chi connectivity index (χ1v) is 9.12. The van der Waals surface area contributed by atoms with Gasteiger partial charge in [0.2, 0.25) is 0 Å². The minimum Gasteiger partial charge on any atom is -0.361 e. The molecule has 0 amide bonds. The van der Waals surface area contributed by atoms with Crippen molar-refractivity contribution < 1.29 is 4.52 Å². The van der Waals surface area contributed by atoms with E-state index in [4.69, 9.17) is 4.52 Å². The fourth-order valence-corrected chi connectivity index (χ4v) is 3.31. The third-order valence-corrected chi connectivity index (χ3v) is 5.04. The first-order valence-electron chi connectivity index (χ1n) is 9.12. The Kier molecular flexibility index (Phi) is 4.67. The number of aryl methyl sites for hydroxylation is 1. The lowest BCUT2D eigenvalue weighted by Crippen LogP contribution is -2.47. The van der Waals surface area contributed by atoms with Crippen LogP contribution in [0.3, 0.4) is 0 Å². The van der Waals surface area contributed by atoms with Gasteiger partial charge >= 0.3 is 0 Å². The van der Waals surface area contributed by atoms with E-state index in [0.717, 1.165) is 56.4 Å². The van der Waals surface area contributed by atoms with Crippen LogP contribution in [0, 0.1) is 6.92 Å². The largest absolute Gasteiger partial charge is 0.361 e. The van der Waals surface area contributed by atoms with Gasteiger partial charge in [0.1, 0.15) is 5.76 Å². The Morgan fingerprint density at radius 3 is 2.64 bits per heavy atom. The molecule has 2 aromatic rings. The first-order chi connectivity index (χ1) is 12.2. The molecule has 0 bridgehead atoms. The molecule has 3 heterocycles. The fourth-order valence-electron chi connectivity index (χ4n) is 3.31. The Balaban J connectivity index is 1.23. The van der Waals surface area contributed by atoms with Gasteiger partial charge in [0, 0.05) is 57.3 Å². The molecule has 0 aromatic carbocycles. The van der Waals surface area contributed by atoms with Crippen LogP contribution in [0.1, 0.15) is 35.9 Å². The summed E-state index contributed by atoms with van der Waals surface area (Å²) in [7, 11) is 0. The summed E-state index contributed by atoms with van der Waals surface area (Å²) in [4.78, 5) is 16.6. The van der Waals surface area contributed by atoms with Crippen LogP contribution in [0.15, 0.2) is 27.5 Å². The van der Waals surface area contributed by atoms with Gasteiger partial charge in [-0.15, -0.1) is 0 Å². The summed E-state index contributed by atoms with van der Waals surface area (Å²) in [6, 6.07) is 5.48. The Labute approximate surface area is 147 Å². The molecule has 7 nitrogen and oxygen atoms in total. The molecule has 4 rings (SSSR count). The van der Waals surface area contributed by atoms with Crippen molar-refractivity contribution in [3.8, 4) is 0 Å². The molecule has 2 aliphatic rings. The summed E-state index contributed by atoms with van der Waals surface area (Å²) in [6.07, 6.45) is 2.48. The van der Waals surface area contributed by atoms with Gasteiger partial charge in [0.25, 0.3) is 5.56 Å². The van der Waals surface area contributed by atoms with Gasteiger partial charge in [-0.25, -0.2) is 4.68 Å². The van der Waals surface area contributed by atoms with E-state index in [9.17, 15) is 4.79 Å². The number of hydrogen-bond acceptors (Lipinski definition) is 6. The van der Waals surface area contributed by atoms with Crippen LogP contribution in [0.25, 0.3) is 0 Å². The topological polar surface area (TPSA) is 67.4 Å². The van der Waals surface area contributed by atoms with Gasteiger partial charge in [0.05, 0.1) is 17.9 Å². The molecular weight excluding hydrogens is 318 g/mol. The fraction of sp³-hybridized carbons (Fsp3) is 0.611. The summed E-state index contributed by atoms with van der Waals surface area (Å²) in [6.45, 7) is 8.33. The van der Waals surface area contributed by atoms with Gasteiger partial charge < -0.3 is 4.52 Å². The molecule has 25 heavy (non-hydrogen) atoms. The highest BCUT2D eigenvalue weighted by Gasteiger charge is 2.28. The lowest BCUT2D eigenvalue weighted by Gasteiger charge is -2.34. The molecule has 0 unspecified atom stereocenters. The number of aromatic nitrogens is 3. The predicted molar refractivity (Wildman–Crippen MR) is 93.4 cm³/mol. The highest BCUT2D eigenvalue weighted by Crippen LogP contribution is 2.40. The predicted octanol–water partition coefficient (Wildman–Crippen LogP) is 1.23. The molecule has 2 aromatic heterocycles. The maximum atomic E-state index is 11.8. The molecule has 134 valence electrons. The third kappa shape index (κ3) is 4.16. The maximum Gasteiger partial charge on any atom is 0.266 e. The molecule has 0 spiro atoms. The lowest BCUT2D eigenvalue weighted by molar-refractivity contribution is 0.120. The zero-order valence-corrected chi connectivity index (χ0v) is 14.7. The van der Waals surface area contributed by atoms with E-state index in [1.165, 1.54) is 12.8 Å². The molecule has 2 fully saturated rings. The Hall–Kier alpha value is -1.99. The van der Waals surface area contributed by atoms with Crippen molar-refractivity contribution in [1.29, 1.82) is 0 Å². The van der Waals surface area contributed by atoms with Crippen LogP contribution in [0.5, 0.6) is 0 Å². The van der Waals surface area contributed by atoms with Gasteiger partial charge in [-0.3, -0.25) is 14.6 Å². The average Bonchev–Trinajstić information content (AvgIpc) is 3.37. The van der Waals surface area contributed by atoms with Crippen LogP contribution in [0.2, 0.25) is 0 Å². The number of rotatable bonds is 6. The van der Waals surface area contributed by atoms with E-state index in [-0.39, 0.29) is 5.56 Å². The highest BCUT2D eigenvalue weighted by molar-refractivity contribution is 5.14. The van der Waals surface area contributed by atoms with Gasteiger partial charge in [0.15, 0.2) is 0 Å². The van der Waals surface area contributed by atoms with Crippen molar-refractivity contribution in [1.82, 2.24) is 24.7 Å². The molecule has 0 atom stereocenters. The quantitative estimate of drug-likeness (QED) is 0.786. The van der Waals surface area contributed by atoms with Crippen LogP contribution in [-0.4, -0.2) is 57.5 Å². The highest BCUT2D eigenvalue weighted by atomic mass is 16.5. The molecule has 0 N–H and O–H groups in total. The van der Waals surface area contributed by atoms with Crippen molar-refractivity contribution in [3.05, 3.63) is 45.7 Å². The third-order valence-electron chi connectivity index (χ3n) is 5.04. The van der Waals surface area contributed by atoms with Crippen molar-refractivity contribution in [3.63, 3.8) is 0 Å². The Morgan fingerprint density at radius 1 is 1.12 bits per heavy atom. The van der Waals surface area contributed by atoms with Gasteiger partial charge in [-0.1, -0.05) is 5.16 Å². The normalized spacial score (nSPS) is 19.4. The summed E-state index contributed by atoms with van der Waals surface area (Å²) >= 11 is 0. The van der Waals surface area contributed by atoms with Crippen molar-refractivity contribution >= 4 is 0 Å². The van der Waals surface area contributed by atoms with Crippen LogP contribution in [-0.2, 0) is 13.1 Å². The van der Waals surface area contributed by atoms with E-state index in [2.05, 4.69) is 26.1 Å². The summed E-state index contributed by atoms with van der Waals surface area (Å²) in [5.74, 6) is 1.68. The molecule has 1 aliphatic carbocycles. The minimum absolute atomic E-state index is 0.0262. The summed E-state index contributed by atoms with van der Waals surface area (Å²) in [5.41, 5.74) is 1.90. The minimum atomic E-state index is -0.0262. The lowest BCUT2D eigenvalue weighted by atomic mass is 10.2. The van der Waals surface area contributed by atoms with Crippen molar-refractivity contribution in [2.24, 2.45) is 0 Å². The van der Waals surface area contributed by atoms with E-state index in [0.29, 0.717) is 12.5 Å². The number of piperazine rings is 1. The summed E-state index contributed by atoms with van der Waals surface area (Å²) in [5, 5.41) is 8.51. The van der Waals surface area contributed by atoms with Gasteiger partial charge in [-0.2, -0.15) is 5.10 Å². The summed E-state index contributed by atoms with van der Waals surface area (Å²) < 4.78 is 7.00. The zero-order chi connectivity index (χ0) is 17.2. The van der Waals surface area contributed by atoms with Crippen LogP contribution < -0.4 is 5.56 Å². The number of nitrogens with zero attached hydrogens (tertiary/aromatic N) is 5. The van der Waals surface area contributed by atoms with Crippen LogP contribution >= 0.6 is 0 Å². The molecule has 1 saturated heterocycles. The Bertz CT molecular complexity index is 772. The van der Waals surface area contributed by atoms with E-state index in [1.807, 2.05) is 6.92 Å². The zero-order valence-electron chi connectivity index (χ0n) is 14.7. The number of hydrogen-bond donors (Lipinski definition) is 0. The smallest absolute Gasteiger partial charge is 0.266 e. The molecular formula is C18H25N5O2. The Morgan fingerprint density at radius 2 is 1.88 bits per heavy atom. The van der Waals surface area contributed by atoms with Crippen LogP contribution in [0.4, 0.5) is 0 Å². The SMILES string of the molecule is Cc1ccc(=O)n(CCN2CCN(Cc3cc(C4CC4)on3)CC2)n1. The van der Waals surface area contributed by atoms with Crippen molar-refractivity contribution in [2.75, 3.05) is 32.7 Å². The first kappa shape index (κ1) is 16.5. The molecule has 1 aliphatic heterocycles. The second kappa shape index (κ2) is 7.09. The monoisotopic (exact) mass is 343 g/mol. The standard InChI is InChI=1S/C18H25N5O2/c1-14-2-5-18(24)23(19-14)11-10-21-6-8-22(9-7-21)13-16-12-17(25-20-16)15-3-4-15/h2,5,12,15H,3-4,6-11,13H2,1H3. The second-order valence-corrected chi connectivity index (χ2v) is 7.15. The van der Waals surface area contributed by atoms with E-state index in [1.54, 1.807) is 16.8 Å².